The number of ether oxygens (including phenoxy) is 2. The van der Waals surface area contributed by atoms with Crippen molar-refractivity contribution < 1.29 is 19.5 Å². The molecular weight excluding hydrogens is 226 g/mol. The minimum Gasteiger partial charge on any atom is -0.468 e. The van der Waals surface area contributed by atoms with E-state index in [9.17, 15) is 10.1 Å². The van der Waals surface area contributed by atoms with Crippen LogP contribution in [0, 0.1) is 10.1 Å². The number of nitro benzene ring substituents is 1. The predicted molar refractivity (Wildman–Crippen MR) is 61.0 cm³/mol. The molecule has 6 heteroatoms. The van der Waals surface area contributed by atoms with Crippen molar-refractivity contribution in [3.63, 3.8) is 0 Å². The molecule has 0 bridgehead atoms. The van der Waals surface area contributed by atoms with E-state index in [0.717, 1.165) is 0 Å². The van der Waals surface area contributed by atoms with Crippen molar-refractivity contribution in [2.45, 2.75) is 12.8 Å². The van der Waals surface area contributed by atoms with Gasteiger partial charge in [0.05, 0.1) is 4.92 Å². The minimum absolute atomic E-state index is 0.000308. The number of hydrogen-bond donors (Lipinski definition) is 1. The highest BCUT2D eigenvalue weighted by Gasteiger charge is 2.14. The Morgan fingerprint density at radius 2 is 2.24 bits per heavy atom. The van der Waals surface area contributed by atoms with Gasteiger partial charge < -0.3 is 14.6 Å². The molecule has 0 spiro atoms. The van der Waals surface area contributed by atoms with Gasteiger partial charge in [-0.1, -0.05) is 0 Å². The molecule has 0 saturated heterocycles. The molecule has 0 atom stereocenters. The van der Waals surface area contributed by atoms with Gasteiger partial charge in [-0.3, -0.25) is 10.1 Å². The van der Waals surface area contributed by atoms with Crippen molar-refractivity contribution in [1.29, 1.82) is 0 Å². The van der Waals surface area contributed by atoms with Gasteiger partial charge in [-0.25, -0.2) is 0 Å². The van der Waals surface area contributed by atoms with E-state index in [-0.39, 0.29) is 19.1 Å². The van der Waals surface area contributed by atoms with Gasteiger partial charge in [-0.05, 0) is 25.0 Å². The summed E-state index contributed by atoms with van der Waals surface area (Å²) in [6.07, 6.45) is 0.922. The van der Waals surface area contributed by atoms with Gasteiger partial charge in [0.25, 0.3) is 5.69 Å². The molecule has 1 aromatic rings. The molecule has 0 aromatic heterocycles. The van der Waals surface area contributed by atoms with E-state index in [4.69, 9.17) is 14.6 Å². The molecule has 1 N–H and O–H groups in total. The van der Waals surface area contributed by atoms with E-state index in [1.54, 1.807) is 6.07 Å². The second-order valence-electron chi connectivity index (χ2n) is 3.43. The van der Waals surface area contributed by atoms with Crippen LogP contribution in [0.5, 0.6) is 5.75 Å². The van der Waals surface area contributed by atoms with Crippen LogP contribution in [-0.4, -0.2) is 30.5 Å². The molecule has 0 radical (unpaired) electrons. The largest absolute Gasteiger partial charge is 0.468 e. The van der Waals surface area contributed by atoms with E-state index in [2.05, 4.69) is 0 Å². The Hall–Kier alpha value is -1.66. The lowest BCUT2D eigenvalue weighted by atomic mass is 10.1. The number of benzene rings is 1. The number of hydrogen-bond acceptors (Lipinski definition) is 5. The third kappa shape index (κ3) is 4.01. The monoisotopic (exact) mass is 241 g/mol. The SMILES string of the molecule is COCOc1ccc([N+](=O)[O-])c(CCCO)c1. The summed E-state index contributed by atoms with van der Waals surface area (Å²) in [6, 6.07) is 4.53. The summed E-state index contributed by atoms with van der Waals surface area (Å²) >= 11 is 0. The van der Waals surface area contributed by atoms with Crippen LogP contribution in [0.2, 0.25) is 0 Å². The third-order valence-electron chi connectivity index (χ3n) is 2.20. The molecule has 0 unspecified atom stereocenters. The summed E-state index contributed by atoms with van der Waals surface area (Å²) in [6.45, 7) is 0.0948. The molecule has 94 valence electrons. The molecule has 1 rings (SSSR count). The second kappa shape index (κ2) is 6.82. The molecule has 0 fully saturated rings. The maximum atomic E-state index is 10.8. The summed E-state index contributed by atoms with van der Waals surface area (Å²) in [5, 5.41) is 19.5. The van der Waals surface area contributed by atoms with Crippen LogP contribution in [0.4, 0.5) is 5.69 Å². The molecule has 0 heterocycles. The van der Waals surface area contributed by atoms with Crippen LogP contribution < -0.4 is 4.74 Å². The standard InChI is InChI=1S/C11H15NO5/c1-16-8-17-10-4-5-11(12(14)15)9(7-10)3-2-6-13/h4-5,7,13H,2-3,6,8H2,1H3. The quantitative estimate of drug-likeness (QED) is 0.444. The van der Waals surface area contributed by atoms with Crippen molar-refractivity contribution >= 4 is 5.69 Å². The Morgan fingerprint density at radius 1 is 1.47 bits per heavy atom. The predicted octanol–water partition coefficient (Wildman–Crippen LogP) is 1.50. The molecular formula is C11H15NO5. The minimum atomic E-state index is -0.438. The zero-order valence-corrected chi connectivity index (χ0v) is 9.59. The highest BCUT2D eigenvalue weighted by molar-refractivity contribution is 5.45. The fraction of sp³-hybridized carbons (Fsp3) is 0.455. The topological polar surface area (TPSA) is 81.8 Å². The van der Waals surface area contributed by atoms with E-state index in [1.165, 1.54) is 19.2 Å². The Balaban J connectivity index is 2.88. The highest BCUT2D eigenvalue weighted by Crippen LogP contribution is 2.25. The fourth-order valence-electron chi connectivity index (χ4n) is 1.43. The van der Waals surface area contributed by atoms with Crippen molar-refractivity contribution in [3.8, 4) is 5.75 Å². The molecule has 17 heavy (non-hydrogen) atoms. The molecule has 0 aliphatic rings. The first-order valence-corrected chi connectivity index (χ1v) is 5.19. The second-order valence-corrected chi connectivity index (χ2v) is 3.43. The van der Waals surface area contributed by atoms with Gasteiger partial charge in [-0.2, -0.15) is 0 Å². The number of nitrogens with zero attached hydrogens (tertiary/aromatic N) is 1. The molecule has 0 aliphatic carbocycles. The number of aliphatic hydroxyl groups excluding tert-OH is 1. The molecule has 0 aliphatic heterocycles. The maximum Gasteiger partial charge on any atom is 0.272 e. The Bertz CT molecular complexity index is 380. The lowest BCUT2D eigenvalue weighted by Crippen LogP contribution is -2.02. The van der Waals surface area contributed by atoms with Crippen molar-refractivity contribution in [2.24, 2.45) is 0 Å². The number of rotatable bonds is 7. The van der Waals surface area contributed by atoms with Crippen LogP contribution >= 0.6 is 0 Å². The number of aryl methyl sites for hydroxylation is 1. The summed E-state index contributed by atoms with van der Waals surface area (Å²) in [5.41, 5.74) is 0.598. The number of nitro groups is 1. The van der Waals surface area contributed by atoms with Crippen LogP contribution in [-0.2, 0) is 11.2 Å². The zero-order valence-electron chi connectivity index (χ0n) is 9.59. The Morgan fingerprint density at radius 3 is 2.82 bits per heavy atom. The number of methoxy groups -OCH3 is 1. The zero-order chi connectivity index (χ0) is 12.7. The van der Waals surface area contributed by atoms with E-state index < -0.39 is 4.92 Å². The smallest absolute Gasteiger partial charge is 0.272 e. The first-order chi connectivity index (χ1) is 8.19. The van der Waals surface area contributed by atoms with E-state index in [1.807, 2.05) is 0 Å². The molecule has 1 aromatic carbocycles. The average molecular weight is 241 g/mol. The van der Waals surface area contributed by atoms with Crippen molar-refractivity contribution in [1.82, 2.24) is 0 Å². The summed E-state index contributed by atoms with van der Waals surface area (Å²) in [4.78, 5) is 10.4. The fourth-order valence-corrected chi connectivity index (χ4v) is 1.43. The summed E-state index contributed by atoms with van der Waals surface area (Å²) in [7, 11) is 1.50. The van der Waals surface area contributed by atoms with Crippen LogP contribution in [0.15, 0.2) is 18.2 Å². The van der Waals surface area contributed by atoms with Gasteiger partial charge in [0.15, 0.2) is 6.79 Å². The first-order valence-electron chi connectivity index (χ1n) is 5.19. The van der Waals surface area contributed by atoms with Gasteiger partial charge in [-0.15, -0.1) is 0 Å². The summed E-state index contributed by atoms with van der Waals surface area (Å²) < 4.78 is 9.95. The van der Waals surface area contributed by atoms with E-state index in [0.29, 0.717) is 24.2 Å². The van der Waals surface area contributed by atoms with Crippen molar-refractivity contribution in [2.75, 3.05) is 20.5 Å². The van der Waals surface area contributed by atoms with Gasteiger partial charge in [0.2, 0.25) is 0 Å². The molecule has 0 amide bonds. The third-order valence-corrected chi connectivity index (χ3v) is 2.20. The lowest BCUT2D eigenvalue weighted by Gasteiger charge is -2.07. The molecule has 0 saturated carbocycles. The van der Waals surface area contributed by atoms with Crippen molar-refractivity contribution in [3.05, 3.63) is 33.9 Å². The normalized spacial score (nSPS) is 10.2. The Kier molecular flexibility index (Phi) is 5.38. The molecule has 6 nitrogen and oxygen atoms in total. The van der Waals surface area contributed by atoms with Crippen LogP contribution in [0.3, 0.4) is 0 Å². The maximum absolute atomic E-state index is 10.8. The van der Waals surface area contributed by atoms with Gasteiger partial charge >= 0.3 is 0 Å². The van der Waals surface area contributed by atoms with Crippen LogP contribution in [0.1, 0.15) is 12.0 Å². The highest BCUT2D eigenvalue weighted by atomic mass is 16.7. The summed E-state index contributed by atoms with van der Waals surface area (Å²) in [5.74, 6) is 0.519. The lowest BCUT2D eigenvalue weighted by molar-refractivity contribution is -0.385. The number of aliphatic hydroxyl groups is 1. The Labute approximate surface area is 98.9 Å². The van der Waals surface area contributed by atoms with Crippen LogP contribution in [0.25, 0.3) is 0 Å². The van der Waals surface area contributed by atoms with Gasteiger partial charge in [0, 0.05) is 25.3 Å². The van der Waals surface area contributed by atoms with E-state index >= 15 is 0 Å². The van der Waals surface area contributed by atoms with Gasteiger partial charge in [0.1, 0.15) is 5.75 Å². The first kappa shape index (κ1) is 13.4. The average Bonchev–Trinajstić information content (AvgIpc) is 2.33.